The maximum Gasteiger partial charge on any atom is 0.228 e. The molecular formula is C24H29ClFN3O2S2. The molecule has 1 fully saturated rings. The van der Waals surface area contributed by atoms with Crippen LogP contribution in [-0.2, 0) is 9.53 Å². The van der Waals surface area contributed by atoms with E-state index in [4.69, 9.17) is 4.74 Å². The lowest BCUT2D eigenvalue weighted by molar-refractivity contribution is -0.118. The number of benzene rings is 2. The number of carbonyl (C=O) groups is 1. The fraction of sp³-hybridized carbons (Fsp3) is 0.417. The van der Waals surface area contributed by atoms with Crippen LogP contribution in [0.15, 0.2) is 53.4 Å². The van der Waals surface area contributed by atoms with Crippen LogP contribution >= 0.6 is 35.5 Å². The summed E-state index contributed by atoms with van der Waals surface area (Å²) >= 11 is 3.15. The summed E-state index contributed by atoms with van der Waals surface area (Å²) in [4.78, 5) is 23.2. The van der Waals surface area contributed by atoms with Gasteiger partial charge in [-0.15, -0.1) is 24.2 Å². The van der Waals surface area contributed by atoms with E-state index in [1.54, 1.807) is 22.7 Å². The smallest absolute Gasteiger partial charge is 0.228 e. The van der Waals surface area contributed by atoms with Crippen molar-refractivity contribution in [1.82, 2.24) is 9.88 Å². The van der Waals surface area contributed by atoms with E-state index in [9.17, 15) is 9.18 Å². The number of thiazole rings is 1. The molecule has 1 aliphatic rings. The van der Waals surface area contributed by atoms with Gasteiger partial charge in [0.2, 0.25) is 5.91 Å². The van der Waals surface area contributed by atoms with Crippen LogP contribution in [-0.4, -0.2) is 60.9 Å². The monoisotopic (exact) mass is 509 g/mol. The van der Waals surface area contributed by atoms with Gasteiger partial charge >= 0.3 is 0 Å². The molecule has 1 saturated heterocycles. The zero-order valence-electron chi connectivity index (χ0n) is 18.5. The van der Waals surface area contributed by atoms with Crippen LogP contribution < -0.4 is 4.90 Å². The van der Waals surface area contributed by atoms with Gasteiger partial charge in [-0.25, -0.2) is 9.37 Å². The Kier molecular flexibility index (Phi) is 10.4. The number of thioether (sulfide) groups is 1. The molecule has 0 radical (unpaired) electrons. The van der Waals surface area contributed by atoms with Gasteiger partial charge in [-0.3, -0.25) is 14.6 Å². The van der Waals surface area contributed by atoms with E-state index in [2.05, 4.69) is 22.0 Å². The van der Waals surface area contributed by atoms with Gasteiger partial charge in [-0.2, -0.15) is 0 Å². The first kappa shape index (κ1) is 25.9. The number of amides is 1. The zero-order valence-corrected chi connectivity index (χ0v) is 20.9. The van der Waals surface area contributed by atoms with Gasteiger partial charge in [-0.1, -0.05) is 29.5 Å². The Bertz CT molecular complexity index is 1020. The molecule has 0 spiro atoms. The molecule has 2 heterocycles. The summed E-state index contributed by atoms with van der Waals surface area (Å²) in [7, 11) is 0. The van der Waals surface area contributed by atoms with Gasteiger partial charge in [0.25, 0.3) is 0 Å². The second-order valence-corrected chi connectivity index (χ2v) is 9.90. The third-order valence-corrected chi connectivity index (χ3v) is 7.52. The van der Waals surface area contributed by atoms with Crippen LogP contribution in [0.2, 0.25) is 0 Å². The number of rotatable bonds is 10. The lowest BCUT2D eigenvalue weighted by atomic mass is 10.2. The largest absolute Gasteiger partial charge is 0.379 e. The van der Waals surface area contributed by atoms with Crippen molar-refractivity contribution in [2.75, 3.05) is 50.0 Å². The fourth-order valence-corrected chi connectivity index (χ4v) is 5.58. The Balaban J connectivity index is 0.00000306. The van der Waals surface area contributed by atoms with Crippen molar-refractivity contribution < 1.29 is 13.9 Å². The first-order chi connectivity index (χ1) is 15.7. The maximum atomic E-state index is 13.6. The van der Waals surface area contributed by atoms with Gasteiger partial charge < -0.3 is 4.74 Å². The number of halogens is 2. The van der Waals surface area contributed by atoms with E-state index in [1.807, 2.05) is 18.2 Å². The molecule has 178 valence electrons. The average Bonchev–Trinajstić information content (AvgIpc) is 3.23. The van der Waals surface area contributed by atoms with E-state index < -0.39 is 0 Å². The zero-order chi connectivity index (χ0) is 22.2. The van der Waals surface area contributed by atoms with Gasteiger partial charge in [0.05, 0.1) is 23.4 Å². The predicted octanol–water partition coefficient (Wildman–Crippen LogP) is 5.49. The van der Waals surface area contributed by atoms with Crippen LogP contribution in [0.3, 0.4) is 0 Å². The molecule has 5 nitrogen and oxygen atoms in total. The standard InChI is InChI=1S/C24H28FN3O2S2.ClH/c25-19-9-10-21-22(18-19)32-24(26-21)28(12-5-11-27-13-15-30-16-14-27)23(29)8-4-17-31-20-6-2-1-3-7-20;/h1-3,6-7,9-10,18H,4-5,8,11-17H2;1H. The van der Waals surface area contributed by atoms with E-state index in [-0.39, 0.29) is 24.1 Å². The third kappa shape index (κ3) is 7.65. The molecule has 0 N–H and O–H groups in total. The van der Waals surface area contributed by atoms with Crippen molar-refractivity contribution in [3.05, 3.63) is 54.3 Å². The molecule has 0 unspecified atom stereocenters. The molecule has 0 atom stereocenters. The second kappa shape index (κ2) is 13.2. The summed E-state index contributed by atoms with van der Waals surface area (Å²) in [5, 5.41) is 0.660. The highest BCUT2D eigenvalue weighted by Gasteiger charge is 2.20. The van der Waals surface area contributed by atoms with Crippen molar-refractivity contribution in [2.45, 2.75) is 24.2 Å². The van der Waals surface area contributed by atoms with Crippen molar-refractivity contribution in [1.29, 1.82) is 0 Å². The number of aromatic nitrogens is 1. The van der Waals surface area contributed by atoms with Gasteiger partial charge in [0, 0.05) is 37.5 Å². The molecule has 33 heavy (non-hydrogen) atoms. The molecule has 1 aromatic heterocycles. The summed E-state index contributed by atoms with van der Waals surface area (Å²) in [5.74, 6) is 0.693. The summed E-state index contributed by atoms with van der Waals surface area (Å²) in [5.41, 5.74) is 0.733. The molecule has 4 rings (SSSR count). The SMILES string of the molecule is Cl.O=C(CCCSc1ccccc1)N(CCCN1CCOCC1)c1nc2ccc(F)cc2s1. The number of anilines is 1. The molecule has 1 amide bonds. The molecule has 0 aliphatic carbocycles. The lowest BCUT2D eigenvalue weighted by Gasteiger charge is -2.27. The Morgan fingerprint density at radius 3 is 2.73 bits per heavy atom. The Hall–Kier alpha value is -1.71. The summed E-state index contributed by atoms with van der Waals surface area (Å²) in [6.45, 7) is 4.95. The summed E-state index contributed by atoms with van der Waals surface area (Å²) < 4.78 is 19.8. The Morgan fingerprint density at radius 1 is 1.15 bits per heavy atom. The summed E-state index contributed by atoms with van der Waals surface area (Å²) in [6.07, 6.45) is 2.15. The van der Waals surface area contributed by atoms with Crippen molar-refractivity contribution >= 4 is 56.8 Å². The van der Waals surface area contributed by atoms with Crippen LogP contribution in [0.25, 0.3) is 10.2 Å². The second-order valence-electron chi connectivity index (χ2n) is 7.73. The molecule has 2 aromatic carbocycles. The van der Waals surface area contributed by atoms with E-state index in [0.717, 1.165) is 61.7 Å². The molecule has 1 aliphatic heterocycles. The highest BCUT2D eigenvalue weighted by molar-refractivity contribution is 7.99. The van der Waals surface area contributed by atoms with Crippen molar-refractivity contribution in [3.8, 4) is 0 Å². The van der Waals surface area contributed by atoms with Crippen molar-refractivity contribution in [2.24, 2.45) is 0 Å². The minimum Gasteiger partial charge on any atom is -0.379 e. The first-order valence-electron chi connectivity index (χ1n) is 11.0. The fourth-order valence-electron chi connectivity index (χ4n) is 3.67. The minimum absolute atomic E-state index is 0. The number of hydrogen-bond donors (Lipinski definition) is 0. The van der Waals surface area contributed by atoms with Crippen LogP contribution in [0.5, 0.6) is 0 Å². The average molecular weight is 510 g/mol. The number of carbonyl (C=O) groups excluding carboxylic acids is 1. The third-order valence-electron chi connectivity index (χ3n) is 5.38. The van der Waals surface area contributed by atoms with Gasteiger partial charge in [-0.05, 0) is 48.9 Å². The number of fused-ring (bicyclic) bond motifs is 1. The Labute approximate surface area is 208 Å². The topological polar surface area (TPSA) is 45.7 Å². The molecule has 3 aromatic rings. The van der Waals surface area contributed by atoms with E-state index in [1.165, 1.54) is 28.4 Å². The predicted molar refractivity (Wildman–Crippen MR) is 137 cm³/mol. The minimum atomic E-state index is -0.282. The van der Waals surface area contributed by atoms with E-state index in [0.29, 0.717) is 18.1 Å². The maximum absolute atomic E-state index is 13.6. The highest BCUT2D eigenvalue weighted by Crippen LogP contribution is 2.30. The van der Waals surface area contributed by atoms with Gasteiger partial charge in [0.1, 0.15) is 5.82 Å². The Morgan fingerprint density at radius 2 is 1.94 bits per heavy atom. The number of ether oxygens (including phenoxy) is 1. The van der Waals surface area contributed by atoms with Crippen molar-refractivity contribution in [3.63, 3.8) is 0 Å². The number of morpholine rings is 1. The van der Waals surface area contributed by atoms with E-state index >= 15 is 0 Å². The van der Waals surface area contributed by atoms with Crippen LogP contribution in [0.1, 0.15) is 19.3 Å². The van der Waals surface area contributed by atoms with Crippen LogP contribution in [0.4, 0.5) is 9.52 Å². The molecule has 9 heteroatoms. The van der Waals surface area contributed by atoms with Gasteiger partial charge in [0.15, 0.2) is 5.13 Å². The summed E-state index contributed by atoms with van der Waals surface area (Å²) in [6, 6.07) is 14.8. The molecular weight excluding hydrogens is 481 g/mol. The van der Waals surface area contributed by atoms with Crippen LogP contribution in [0, 0.1) is 5.82 Å². The first-order valence-corrected chi connectivity index (χ1v) is 12.8. The number of nitrogens with zero attached hydrogens (tertiary/aromatic N) is 3. The quantitative estimate of drug-likeness (QED) is 0.267. The normalized spacial score (nSPS) is 14.2. The highest BCUT2D eigenvalue weighted by atomic mass is 35.5. The molecule has 0 saturated carbocycles. The number of hydrogen-bond acceptors (Lipinski definition) is 6. The lowest BCUT2D eigenvalue weighted by Crippen LogP contribution is -2.39. The molecule has 0 bridgehead atoms.